The second-order valence-electron chi connectivity index (χ2n) is 5.89. The van der Waals surface area contributed by atoms with Gasteiger partial charge in [-0.25, -0.2) is 0 Å². The molecule has 0 aromatic heterocycles. The van der Waals surface area contributed by atoms with Gasteiger partial charge in [0.15, 0.2) is 0 Å². The molecular formula is C15H27NOSi. The van der Waals surface area contributed by atoms with E-state index in [9.17, 15) is 0 Å². The van der Waals surface area contributed by atoms with Crippen LogP contribution < -0.4 is 10.2 Å². The van der Waals surface area contributed by atoms with Gasteiger partial charge in [-0.2, -0.15) is 0 Å². The van der Waals surface area contributed by atoms with Crippen LogP contribution in [-0.4, -0.2) is 8.32 Å². The van der Waals surface area contributed by atoms with E-state index in [-0.39, 0.29) is 6.04 Å². The lowest BCUT2D eigenvalue weighted by Crippen LogP contribution is -2.29. The summed E-state index contributed by atoms with van der Waals surface area (Å²) in [4.78, 5) is 0. The van der Waals surface area contributed by atoms with Crippen molar-refractivity contribution in [1.82, 2.24) is 0 Å². The lowest BCUT2D eigenvalue weighted by atomic mass is 10.0. The van der Waals surface area contributed by atoms with E-state index in [4.69, 9.17) is 10.2 Å². The topological polar surface area (TPSA) is 35.2 Å². The fourth-order valence-corrected chi connectivity index (χ4v) is 2.76. The SMILES string of the molecule is CCCCC[C@H](N)c1ccc(O[Si](C)(C)C)cc1. The summed E-state index contributed by atoms with van der Waals surface area (Å²) in [5, 5.41) is 0. The van der Waals surface area contributed by atoms with Crippen molar-refractivity contribution in [3.8, 4) is 5.75 Å². The van der Waals surface area contributed by atoms with Crippen LogP contribution in [0.4, 0.5) is 0 Å². The van der Waals surface area contributed by atoms with Crippen LogP contribution in [0.3, 0.4) is 0 Å². The molecule has 2 N–H and O–H groups in total. The first-order chi connectivity index (χ1) is 8.42. The van der Waals surface area contributed by atoms with E-state index in [1.807, 2.05) is 12.1 Å². The van der Waals surface area contributed by atoms with Crippen molar-refractivity contribution in [1.29, 1.82) is 0 Å². The monoisotopic (exact) mass is 265 g/mol. The predicted octanol–water partition coefficient (Wildman–Crippen LogP) is 4.48. The van der Waals surface area contributed by atoms with E-state index in [1.54, 1.807) is 0 Å². The number of hydrogen-bond acceptors (Lipinski definition) is 2. The molecule has 18 heavy (non-hydrogen) atoms. The first-order valence-corrected chi connectivity index (χ1v) is 10.4. The molecular weight excluding hydrogens is 238 g/mol. The quantitative estimate of drug-likeness (QED) is 0.583. The lowest BCUT2D eigenvalue weighted by Gasteiger charge is -2.20. The first kappa shape index (κ1) is 15.3. The highest BCUT2D eigenvalue weighted by Gasteiger charge is 2.16. The summed E-state index contributed by atoms with van der Waals surface area (Å²) in [5.41, 5.74) is 7.40. The van der Waals surface area contributed by atoms with Crippen molar-refractivity contribution >= 4 is 8.32 Å². The highest BCUT2D eigenvalue weighted by Crippen LogP contribution is 2.22. The Kier molecular flexibility index (Phi) is 5.89. The standard InChI is InChI=1S/C15H27NOSi/c1-5-6-7-8-15(16)13-9-11-14(12-10-13)17-18(2,3)4/h9-12,15H,5-8,16H2,1-4H3/t15-/m0/s1. The van der Waals surface area contributed by atoms with Crippen LogP contribution in [-0.2, 0) is 0 Å². The van der Waals surface area contributed by atoms with E-state index in [0.717, 1.165) is 12.2 Å². The Balaban J connectivity index is 2.54. The number of unbranched alkanes of at least 4 members (excludes halogenated alkanes) is 2. The molecule has 3 heteroatoms. The van der Waals surface area contributed by atoms with Gasteiger partial charge < -0.3 is 10.2 Å². The minimum atomic E-state index is -1.50. The Labute approximate surface area is 113 Å². The Bertz CT molecular complexity index is 343. The first-order valence-electron chi connectivity index (χ1n) is 6.97. The van der Waals surface area contributed by atoms with Crippen molar-refractivity contribution in [2.75, 3.05) is 0 Å². The van der Waals surface area contributed by atoms with Crippen molar-refractivity contribution in [2.45, 2.75) is 58.3 Å². The molecule has 0 aliphatic rings. The van der Waals surface area contributed by atoms with Gasteiger partial charge in [-0.1, -0.05) is 38.3 Å². The molecule has 0 spiro atoms. The summed E-state index contributed by atoms with van der Waals surface area (Å²) < 4.78 is 5.93. The van der Waals surface area contributed by atoms with Crippen LogP contribution in [0.2, 0.25) is 19.6 Å². The van der Waals surface area contributed by atoms with Gasteiger partial charge in [0.25, 0.3) is 0 Å². The van der Waals surface area contributed by atoms with E-state index in [2.05, 4.69) is 38.7 Å². The molecule has 0 aliphatic heterocycles. The second kappa shape index (κ2) is 6.95. The van der Waals surface area contributed by atoms with Crippen LogP contribution in [0.15, 0.2) is 24.3 Å². The van der Waals surface area contributed by atoms with Crippen molar-refractivity contribution in [3.63, 3.8) is 0 Å². The predicted molar refractivity (Wildman–Crippen MR) is 81.5 cm³/mol. The van der Waals surface area contributed by atoms with Crippen LogP contribution in [0.25, 0.3) is 0 Å². The zero-order valence-electron chi connectivity index (χ0n) is 12.2. The summed E-state index contributed by atoms with van der Waals surface area (Å²) in [6.07, 6.45) is 4.80. The van der Waals surface area contributed by atoms with E-state index in [1.165, 1.54) is 24.8 Å². The van der Waals surface area contributed by atoms with Crippen LogP contribution in [0.5, 0.6) is 5.75 Å². The summed E-state index contributed by atoms with van der Waals surface area (Å²) in [7, 11) is -1.50. The summed E-state index contributed by atoms with van der Waals surface area (Å²) in [6, 6.07) is 8.47. The minimum Gasteiger partial charge on any atom is -0.544 e. The fourth-order valence-electron chi connectivity index (χ4n) is 1.92. The molecule has 0 saturated carbocycles. The Hall–Kier alpha value is -0.803. The molecule has 0 heterocycles. The Morgan fingerprint density at radius 3 is 2.22 bits per heavy atom. The molecule has 1 aromatic carbocycles. The van der Waals surface area contributed by atoms with Gasteiger partial charge in [-0.3, -0.25) is 0 Å². The molecule has 0 saturated heterocycles. The molecule has 0 unspecified atom stereocenters. The molecule has 1 atom stereocenters. The molecule has 0 aliphatic carbocycles. The maximum atomic E-state index is 6.18. The molecule has 0 bridgehead atoms. The van der Waals surface area contributed by atoms with Gasteiger partial charge in [0, 0.05) is 6.04 Å². The van der Waals surface area contributed by atoms with Gasteiger partial charge in [-0.15, -0.1) is 0 Å². The van der Waals surface area contributed by atoms with Crippen molar-refractivity contribution in [3.05, 3.63) is 29.8 Å². The summed E-state index contributed by atoms with van der Waals surface area (Å²) >= 11 is 0. The van der Waals surface area contributed by atoms with Gasteiger partial charge in [0.05, 0.1) is 0 Å². The largest absolute Gasteiger partial charge is 0.544 e. The normalized spacial score (nSPS) is 13.4. The van der Waals surface area contributed by atoms with Gasteiger partial charge >= 0.3 is 0 Å². The van der Waals surface area contributed by atoms with Gasteiger partial charge in [-0.05, 0) is 43.8 Å². The highest BCUT2D eigenvalue weighted by atomic mass is 28.4. The minimum absolute atomic E-state index is 0.164. The highest BCUT2D eigenvalue weighted by molar-refractivity contribution is 6.70. The van der Waals surface area contributed by atoms with Gasteiger partial charge in [0.1, 0.15) is 5.75 Å². The molecule has 0 radical (unpaired) electrons. The van der Waals surface area contributed by atoms with Crippen molar-refractivity contribution < 1.29 is 4.43 Å². The van der Waals surface area contributed by atoms with Crippen LogP contribution in [0, 0.1) is 0 Å². The molecule has 1 rings (SSSR count). The maximum Gasteiger partial charge on any atom is 0.242 e. The number of rotatable bonds is 7. The molecule has 1 aromatic rings. The third-order valence-electron chi connectivity index (χ3n) is 2.85. The number of hydrogen-bond donors (Lipinski definition) is 1. The van der Waals surface area contributed by atoms with Gasteiger partial charge in [0.2, 0.25) is 8.32 Å². The zero-order valence-corrected chi connectivity index (χ0v) is 13.2. The third-order valence-corrected chi connectivity index (χ3v) is 3.70. The number of benzene rings is 1. The third kappa shape index (κ3) is 5.69. The zero-order chi connectivity index (χ0) is 13.6. The Morgan fingerprint density at radius 2 is 1.72 bits per heavy atom. The fraction of sp³-hybridized carbons (Fsp3) is 0.600. The number of nitrogens with two attached hydrogens (primary N) is 1. The van der Waals surface area contributed by atoms with Crippen LogP contribution >= 0.6 is 0 Å². The second-order valence-corrected chi connectivity index (χ2v) is 10.3. The average molecular weight is 265 g/mol. The van der Waals surface area contributed by atoms with E-state index < -0.39 is 8.32 Å². The molecule has 102 valence electrons. The van der Waals surface area contributed by atoms with E-state index in [0.29, 0.717) is 0 Å². The average Bonchev–Trinajstić information content (AvgIpc) is 2.28. The molecule has 0 amide bonds. The smallest absolute Gasteiger partial charge is 0.242 e. The lowest BCUT2D eigenvalue weighted by molar-refractivity contribution is 0.554. The molecule has 0 fully saturated rings. The summed E-state index contributed by atoms with van der Waals surface area (Å²) in [6.45, 7) is 8.79. The molecule has 2 nitrogen and oxygen atoms in total. The van der Waals surface area contributed by atoms with Crippen LogP contribution in [0.1, 0.15) is 44.2 Å². The maximum absolute atomic E-state index is 6.18. The van der Waals surface area contributed by atoms with Crippen molar-refractivity contribution in [2.24, 2.45) is 5.73 Å². The summed E-state index contributed by atoms with van der Waals surface area (Å²) in [5.74, 6) is 0.971. The Morgan fingerprint density at radius 1 is 1.11 bits per heavy atom. The van der Waals surface area contributed by atoms with E-state index >= 15 is 0 Å².